The van der Waals surface area contributed by atoms with Crippen LogP contribution in [-0.2, 0) is 23.5 Å². The van der Waals surface area contributed by atoms with Gasteiger partial charge in [-0.2, -0.15) is 0 Å². The van der Waals surface area contributed by atoms with E-state index in [-0.39, 0.29) is 0 Å². The Bertz CT molecular complexity index is 888. The third-order valence-electron chi connectivity index (χ3n) is 7.46. The van der Waals surface area contributed by atoms with Crippen LogP contribution in [0.5, 0.6) is 0 Å². The van der Waals surface area contributed by atoms with Crippen LogP contribution < -0.4 is 0 Å². The molecule has 0 fully saturated rings. The fourth-order valence-electron chi connectivity index (χ4n) is 5.77. The third kappa shape index (κ3) is 3.06. The van der Waals surface area contributed by atoms with Gasteiger partial charge < -0.3 is 0 Å². The zero-order valence-electron chi connectivity index (χ0n) is 16.6. The summed E-state index contributed by atoms with van der Waals surface area (Å²) in [5.41, 5.74) is 2.95. The second-order valence-electron chi connectivity index (χ2n) is 9.97. The van der Waals surface area contributed by atoms with Crippen molar-refractivity contribution in [3.05, 3.63) is 116 Å². The van der Waals surface area contributed by atoms with E-state index in [4.69, 9.17) is 0 Å². The Hall–Kier alpha value is -1.89. The molecule has 0 amide bonds. The predicted molar refractivity (Wildman–Crippen MR) is 116 cm³/mol. The summed E-state index contributed by atoms with van der Waals surface area (Å²) in [6.45, 7) is 0. The maximum atomic E-state index is 2.71. The van der Waals surface area contributed by atoms with Crippen LogP contribution in [0.1, 0.15) is 24.0 Å². The molecule has 0 aromatic heterocycles. The zero-order valence-corrected chi connectivity index (χ0v) is 18.1. The van der Waals surface area contributed by atoms with Crippen LogP contribution in [0.2, 0.25) is 10.5 Å². The summed E-state index contributed by atoms with van der Waals surface area (Å²) < 4.78 is 5.77. The summed E-state index contributed by atoms with van der Waals surface area (Å²) in [6, 6.07) is 22.3. The van der Waals surface area contributed by atoms with Gasteiger partial charge in [0.05, 0.1) is 0 Å². The third-order valence-corrected chi connectivity index (χ3v) is 21.8. The van der Waals surface area contributed by atoms with E-state index in [1.165, 1.54) is 20.6 Å². The Morgan fingerprint density at radius 2 is 1.04 bits per heavy atom. The summed E-state index contributed by atoms with van der Waals surface area (Å²) >= 11 is -3.87. The minimum absolute atomic E-state index is 1.11. The van der Waals surface area contributed by atoms with Crippen LogP contribution in [-0.4, -0.2) is 0 Å². The first-order chi connectivity index (χ1) is 12.9. The van der Waals surface area contributed by atoms with Crippen LogP contribution in [0, 0.1) is 0 Å². The molecular formula is C26H30Ti. The average molecular weight is 390 g/mol. The van der Waals surface area contributed by atoms with Crippen LogP contribution in [0.25, 0.3) is 0 Å². The fraction of sp³-hybridized carbons (Fsp3) is 0.231. The first-order valence-electron chi connectivity index (χ1n) is 10.2. The van der Waals surface area contributed by atoms with Crippen LogP contribution in [0.3, 0.4) is 0 Å². The molecule has 0 nitrogen and oxygen atoms in total. The standard InChI is InChI=1S/2C7H7.2C5H5.2CH3.Ti/c2*1-7-5-3-2-4-6-7;2*1-2-4-5-3-1;;;/h2*2-6H,1H2;2*1-3H,4H2;2*1H3;. The number of hydrogen-bond donors (Lipinski definition) is 0. The van der Waals surface area contributed by atoms with Gasteiger partial charge in [-0.1, -0.05) is 0 Å². The summed E-state index contributed by atoms with van der Waals surface area (Å²) in [6.07, 6.45) is 16.4. The molecular weight excluding hydrogens is 360 g/mol. The first kappa shape index (κ1) is 18.5. The topological polar surface area (TPSA) is 0 Å². The predicted octanol–water partition coefficient (Wildman–Crippen LogP) is 7.40. The van der Waals surface area contributed by atoms with Crippen molar-refractivity contribution in [3.8, 4) is 0 Å². The van der Waals surface area contributed by atoms with E-state index in [1.54, 1.807) is 7.76 Å². The number of rotatable bonds is 6. The van der Waals surface area contributed by atoms with Gasteiger partial charge in [0.15, 0.2) is 0 Å². The number of allylic oxidation sites excluding steroid dienone is 8. The Kier molecular flexibility index (Phi) is 4.33. The molecule has 4 rings (SSSR count). The van der Waals surface area contributed by atoms with E-state index in [0.717, 1.165) is 12.8 Å². The van der Waals surface area contributed by atoms with Crippen molar-refractivity contribution in [2.75, 3.05) is 0 Å². The number of benzene rings is 2. The minimum atomic E-state index is -3.87. The molecule has 1 heteroatoms. The van der Waals surface area contributed by atoms with Gasteiger partial charge >= 0.3 is 163 Å². The molecule has 2 aliphatic carbocycles. The molecule has 0 bridgehead atoms. The second-order valence-corrected chi connectivity index (χ2v) is 25.6. The van der Waals surface area contributed by atoms with E-state index < -0.39 is 14.0 Å². The molecule has 0 saturated heterocycles. The van der Waals surface area contributed by atoms with Crippen molar-refractivity contribution in [1.82, 2.24) is 0 Å². The SMILES string of the molecule is [CH3][Ti]([CH3])([CH2]c1ccccc1)([CH2]c1ccccc1)([C]1=CC=CC1)[C]1=CC=CC1. The number of hydrogen-bond acceptors (Lipinski definition) is 0. The van der Waals surface area contributed by atoms with Gasteiger partial charge in [-0.3, -0.25) is 0 Å². The van der Waals surface area contributed by atoms with Gasteiger partial charge in [0.2, 0.25) is 0 Å². The normalized spacial score (nSPS) is 18.7. The summed E-state index contributed by atoms with van der Waals surface area (Å²) in [7, 11) is 0. The molecule has 0 N–H and O–H groups in total. The van der Waals surface area contributed by atoms with Crippen molar-refractivity contribution in [2.24, 2.45) is 0 Å². The molecule has 0 radical (unpaired) electrons. The quantitative estimate of drug-likeness (QED) is 0.451. The van der Waals surface area contributed by atoms with Crippen molar-refractivity contribution < 1.29 is 14.0 Å². The van der Waals surface area contributed by atoms with E-state index in [0.29, 0.717) is 0 Å². The molecule has 2 aromatic rings. The van der Waals surface area contributed by atoms with E-state index in [9.17, 15) is 0 Å². The van der Waals surface area contributed by atoms with Crippen LogP contribution in [0.15, 0.2) is 105 Å². The maximum absolute atomic E-state index is 3.87. The van der Waals surface area contributed by atoms with Gasteiger partial charge in [0, 0.05) is 0 Å². The van der Waals surface area contributed by atoms with Gasteiger partial charge in [-0.25, -0.2) is 0 Å². The molecule has 0 spiro atoms. The average Bonchev–Trinajstić information content (AvgIpc) is 3.38. The van der Waals surface area contributed by atoms with E-state index >= 15 is 0 Å². The van der Waals surface area contributed by atoms with Crippen LogP contribution >= 0.6 is 0 Å². The Balaban J connectivity index is 1.97. The second kappa shape index (κ2) is 6.33. The van der Waals surface area contributed by atoms with Crippen molar-refractivity contribution in [1.29, 1.82) is 0 Å². The molecule has 0 atom stereocenters. The molecule has 0 heterocycles. The molecule has 2 aromatic carbocycles. The fourth-order valence-corrected chi connectivity index (χ4v) is 18.7. The molecule has 0 aliphatic heterocycles. The molecule has 2 aliphatic rings. The first-order valence-corrected chi connectivity index (χ1v) is 17.1. The summed E-state index contributed by atoms with van der Waals surface area (Å²) in [5.74, 6) is 0. The Morgan fingerprint density at radius 3 is 1.37 bits per heavy atom. The molecule has 0 unspecified atom stereocenters. The monoisotopic (exact) mass is 390 g/mol. The van der Waals surface area contributed by atoms with E-state index in [2.05, 4.69) is 108 Å². The van der Waals surface area contributed by atoms with Crippen molar-refractivity contribution in [2.45, 2.75) is 32.7 Å². The molecule has 0 saturated carbocycles. The summed E-state index contributed by atoms with van der Waals surface area (Å²) in [5, 5.41) is 5.41. The van der Waals surface area contributed by atoms with Gasteiger partial charge in [0.1, 0.15) is 0 Å². The molecule has 27 heavy (non-hydrogen) atoms. The molecule has 138 valence electrons. The van der Waals surface area contributed by atoms with E-state index in [1.807, 2.05) is 0 Å². The zero-order chi connectivity index (χ0) is 18.9. The van der Waals surface area contributed by atoms with Gasteiger partial charge in [-0.15, -0.1) is 0 Å². The van der Waals surface area contributed by atoms with Gasteiger partial charge in [-0.05, 0) is 0 Å². The van der Waals surface area contributed by atoms with Crippen LogP contribution in [0.4, 0.5) is 0 Å². The summed E-state index contributed by atoms with van der Waals surface area (Å²) in [4.78, 5) is 0. The van der Waals surface area contributed by atoms with Crippen molar-refractivity contribution >= 4 is 0 Å². The Labute approximate surface area is 162 Å². The Morgan fingerprint density at radius 1 is 0.630 bits per heavy atom. The van der Waals surface area contributed by atoms with Gasteiger partial charge in [0.25, 0.3) is 0 Å². The van der Waals surface area contributed by atoms with Crippen molar-refractivity contribution in [3.63, 3.8) is 0 Å².